The quantitative estimate of drug-likeness (QED) is 0.844. The summed E-state index contributed by atoms with van der Waals surface area (Å²) >= 11 is 0. The number of aryl methyl sites for hydroxylation is 1. The van der Waals surface area contributed by atoms with Crippen molar-refractivity contribution >= 4 is 0 Å². The van der Waals surface area contributed by atoms with Gasteiger partial charge in [0.1, 0.15) is 11.8 Å². The van der Waals surface area contributed by atoms with E-state index in [1.54, 1.807) is 7.11 Å². The summed E-state index contributed by atoms with van der Waals surface area (Å²) < 4.78 is 16.2. The molecule has 0 saturated carbocycles. The molecule has 124 valence electrons. The van der Waals surface area contributed by atoms with Crippen molar-refractivity contribution in [3.8, 4) is 5.75 Å². The van der Waals surface area contributed by atoms with E-state index in [2.05, 4.69) is 34.1 Å². The van der Waals surface area contributed by atoms with Gasteiger partial charge in [-0.15, -0.1) is 0 Å². The van der Waals surface area contributed by atoms with Crippen molar-refractivity contribution in [2.45, 2.75) is 25.8 Å². The van der Waals surface area contributed by atoms with Crippen LogP contribution in [-0.2, 0) is 4.74 Å². The fraction of sp³-hybridized carbons (Fsp3) is 0.529. The molecule has 1 aromatic carbocycles. The molecular formula is C17H23N3O3. The molecule has 1 aromatic heterocycles. The van der Waals surface area contributed by atoms with Gasteiger partial charge in [0, 0.05) is 13.1 Å². The third-order valence-corrected chi connectivity index (χ3v) is 4.26. The number of ether oxygens (including phenoxy) is 2. The number of rotatable bonds is 5. The predicted molar refractivity (Wildman–Crippen MR) is 85.6 cm³/mol. The molecule has 0 spiro atoms. The van der Waals surface area contributed by atoms with Crippen LogP contribution in [0.1, 0.15) is 36.2 Å². The van der Waals surface area contributed by atoms with E-state index in [0.29, 0.717) is 24.2 Å². The van der Waals surface area contributed by atoms with Gasteiger partial charge in [0.15, 0.2) is 5.82 Å². The highest BCUT2D eigenvalue weighted by molar-refractivity contribution is 5.29. The Morgan fingerprint density at radius 3 is 2.78 bits per heavy atom. The lowest BCUT2D eigenvalue weighted by Gasteiger charge is -2.35. The summed E-state index contributed by atoms with van der Waals surface area (Å²) in [4.78, 5) is 6.74. The van der Waals surface area contributed by atoms with Gasteiger partial charge in [-0.1, -0.05) is 24.2 Å². The minimum Gasteiger partial charge on any atom is -0.497 e. The van der Waals surface area contributed by atoms with E-state index in [0.717, 1.165) is 25.4 Å². The number of nitrogens with zero attached hydrogens (tertiary/aromatic N) is 3. The Balaban J connectivity index is 1.70. The Hall–Kier alpha value is -1.92. The Kier molecular flexibility index (Phi) is 4.93. The van der Waals surface area contributed by atoms with E-state index in [-0.39, 0.29) is 6.04 Å². The average Bonchev–Trinajstić information content (AvgIpc) is 3.01. The van der Waals surface area contributed by atoms with E-state index in [9.17, 15) is 0 Å². The molecule has 0 radical (unpaired) electrons. The maximum atomic E-state index is 5.61. The highest BCUT2D eigenvalue weighted by Crippen LogP contribution is 2.27. The summed E-state index contributed by atoms with van der Waals surface area (Å²) in [5.74, 6) is 2.58. The second-order valence-electron chi connectivity index (χ2n) is 5.94. The summed E-state index contributed by atoms with van der Waals surface area (Å²) in [6, 6.07) is 8.28. The molecule has 2 atom stereocenters. The van der Waals surface area contributed by atoms with Gasteiger partial charge in [-0.05, 0) is 30.5 Å². The summed E-state index contributed by atoms with van der Waals surface area (Å²) in [6.07, 6.45) is 0. The maximum Gasteiger partial charge on any atom is 0.246 e. The van der Waals surface area contributed by atoms with Crippen LogP contribution in [-0.4, -0.2) is 48.5 Å². The average molecular weight is 317 g/mol. The summed E-state index contributed by atoms with van der Waals surface area (Å²) in [5, 5.41) is 3.90. The molecule has 6 nitrogen and oxygen atoms in total. The highest BCUT2D eigenvalue weighted by atomic mass is 16.5. The second kappa shape index (κ2) is 7.10. The van der Waals surface area contributed by atoms with E-state index >= 15 is 0 Å². The number of aromatic nitrogens is 2. The van der Waals surface area contributed by atoms with Crippen molar-refractivity contribution in [1.29, 1.82) is 0 Å². The number of hydrogen-bond acceptors (Lipinski definition) is 6. The molecule has 2 heterocycles. The fourth-order valence-electron chi connectivity index (χ4n) is 2.92. The monoisotopic (exact) mass is 317 g/mol. The van der Waals surface area contributed by atoms with Crippen LogP contribution in [0.15, 0.2) is 28.8 Å². The topological polar surface area (TPSA) is 60.6 Å². The van der Waals surface area contributed by atoms with Gasteiger partial charge in [0.05, 0.1) is 20.3 Å². The number of hydrogen-bond donors (Lipinski definition) is 0. The van der Waals surface area contributed by atoms with Crippen LogP contribution in [0.4, 0.5) is 0 Å². The lowest BCUT2D eigenvalue weighted by molar-refractivity contribution is -0.0219. The van der Waals surface area contributed by atoms with Gasteiger partial charge in [-0.2, -0.15) is 4.98 Å². The van der Waals surface area contributed by atoms with E-state index < -0.39 is 0 Å². The van der Waals surface area contributed by atoms with Crippen molar-refractivity contribution in [3.05, 3.63) is 41.5 Å². The van der Waals surface area contributed by atoms with Crippen LogP contribution in [0.25, 0.3) is 0 Å². The maximum absolute atomic E-state index is 5.61. The second-order valence-corrected chi connectivity index (χ2v) is 5.94. The summed E-state index contributed by atoms with van der Waals surface area (Å²) in [6.45, 7) is 7.18. The van der Waals surface area contributed by atoms with Gasteiger partial charge >= 0.3 is 0 Å². The summed E-state index contributed by atoms with van der Waals surface area (Å²) in [5.41, 5.74) is 1.29. The van der Waals surface area contributed by atoms with Crippen LogP contribution >= 0.6 is 0 Å². The highest BCUT2D eigenvalue weighted by Gasteiger charge is 2.30. The molecule has 0 amide bonds. The first-order chi connectivity index (χ1) is 11.2. The van der Waals surface area contributed by atoms with Crippen LogP contribution in [0.2, 0.25) is 0 Å². The first kappa shape index (κ1) is 16.0. The molecule has 2 aromatic rings. The SMILES string of the molecule is COc1ccc([C@@H](C)CN2CCOC[C@H]2c2nc(C)no2)cc1. The van der Waals surface area contributed by atoms with Gasteiger partial charge in [0.25, 0.3) is 0 Å². The van der Waals surface area contributed by atoms with E-state index in [4.69, 9.17) is 14.0 Å². The number of morpholine rings is 1. The molecule has 6 heteroatoms. The molecule has 0 unspecified atom stereocenters. The molecule has 0 N–H and O–H groups in total. The molecule has 3 rings (SSSR count). The lowest BCUT2D eigenvalue weighted by Crippen LogP contribution is -2.41. The van der Waals surface area contributed by atoms with Gasteiger partial charge < -0.3 is 14.0 Å². The molecule has 0 bridgehead atoms. The third-order valence-electron chi connectivity index (χ3n) is 4.26. The van der Waals surface area contributed by atoms with Gasteiger partial charge in [-0.25, -0.2) is 0 Å². The standard InChI is InChI=1S/C17H23N3O3/c1-12(14-4-6-15(21-3)7-5-14)10-20-8-9-22-11-16(20)17-18-13(2)19-23-17/h4-7,12,16H,8-11H2,1-3H3/t12-,16-/m0/s1. The van der Waals surface area contributed by atoms with Crippen molar-refractivity contribution in [2.24, 2.45) is 0 Å². The Morgan fingerprint density at radius 1 is 1.35 bits per heavy atom. The van der Waals surface area contributed by atoms with Crippen molar-refractivity contribution in [3.63, 3.8) is 0 Å². The molecule has 1 aliphatic heterocycles. The smallest absolute Gasteiger partial charge is 0.246 e. The first-order valence-corrected chi connectivity index (χ1v) is 7.93. The zero-order valence-corrected chi connectivity index (χ0v) is 13.9. The molecule has 1 saturated heterocycles. The zero-order valence-electron chi connectivity index (χ0n) is 13.9. The van der Waals surface area contributed by atoms with Crippen molar-refractivity contribution in [2.75, 3.05) is 33.4 Å². The minimum absolute atomic E-state index is 0.0330. The molecule has 23 heavy (non-hydrogen) atoms. The molecular weight excluding hydrogens is 294 g/mol. The van der Waals surface area contributed by atoms with Crippen LogP contribution in [0, 0.1) is 6.92 Å². The largest absolute Gasteiger partial charge is 0.497 e. The van der Waals surface area contributed by atoms with Gasteiger partial charge in [0.2, 0.25) is 5.89 Å². The van der Waals surface area contributed by atoms with Crippen LogP contribution in [0.5, 0.6) is 5.75 Å². The van der Waals surface area contributed by atoms with Crippen molar-refractivity contribution < 1.29 is 14.0 Å². The van der Waals surface area contributed by atoms with Crippen molar-refractivity contribution in [1.82, 2.24) is 15.0 Å². The predicted octanol–water partition coefficient (Wildman–Crippen LogP) is 2.56. The number of benzene rings is 1. The van der Waals surface area contributed by atoms with E-state index in [1.807, 2.05) is 19.1 Å². The third kappa shape index (κ3) is 3.71. The Labute approximate surface area is 136 Å². The molecule has 0 aliphatic carbocycles. The Bertz CT molecular complexity index is 626. The summed E-state index contributed by atoms with van der Waals surface area (Å²) in [7, 11) is 1.68. The van der Waals surface area contributed by atoms with Gasteiger partial charge in [-0.3, -0.25) is 4.90 Å². The van der Waals surface area contributed by atoms with Crippen LogP contribution < -0.4 is 4.74 Å². The normalized spacial score (nSPS) is 20.4. The zero-order chi connectivity index (χ0) is 16.2. The fourth-order valence-corrected chi connectivity index (χ4v) is 2.92. The Morgan fingerprint density at radius 2 is 2.13 bits per heavy atom. The lowest BCUT2D eigenvalue weighted by atomic mass is 9.99. The molecule has 1 aliphatic rings. The van der Waals surface area contributed by atoms with E-state index in [1.165, 1.54) is 5.56 Å². The first-order valence-electron chi connectivity index (χ1n) is 7.93. The minimum atomic E-state index is 0.0330. The number of methoxy groups -OCH3 is 1. The molecule has 1 fully saturated rings. The van der Waals surface area contributed by atoms with Crippen LogP contribution in [0.3, 0.4) is 0 Å².